The highest BCUT2D eigenvalue weighted by Crippen LogP contribution is 2.32. The third-order valence-corrected chi connectivity index (χ3v) is 1.82. The van der Waals surface area contributed by atoms with Crippen molar-refractivity contribution in [3.05, 3.63) is 11.6 Å². The van der Waals surface area contributed by atoms with Crippen LogP contribution in [0.2, 0.25) is 0 Å². The van der Waals surface area contributed by atoms with Crippen LogP contribution < -0.4 is 0 Å². The van der Waals surface area contributed by atoms with Crippen molar-refractivity contribution in [2.45, 2.75) is 33.6 Å². The van der Waals surface area contributed by atoms with Crippen LogP contribution in [0, 0.1) is 5.41 Å². The molecule has 1 rings (SSSR count). The van der Waals surface area contributed by atoms with Crippen LogP contribution in [0.3, 0.4) is 0 Å². The van der Waals surface area contributed by atoms with Crippen LogP contribution in [0.15, 0.2) is 11.6 Å². The lowest BCUT2D eigenvalue weighted by atomic mass is 9.77. The van der Waals surface area contributed by atoms with Crippen LogP contribution in [-0.4, -0.2) is 23.3 Å². The van der Waals surface area contributed by atoms with E-state index in [4.69, 9.17) is 17.5 Å². The molecule has 0 saturated heterocycles. The minimum Gasteiger partial charge on any atom is -0.295 e. The van der Waals surface area contributed by atoms with Crippen molar-refractivity contribution in [1.29, 1.82) is 0 Å². The van der Waals surface area contributed by atoms with E-state index in [1.54, 1.807) is 6.08 Å². The van der Waals surface area contributed by atoms with Crippen LogP contribution in [0.25, 0.3) is 0 Å². The maximum atomic E-state index is 11.0. The second-order valence-electron chi connectivity index (χ2n) is 4.42. The number of allylic oxidation sites excluding steroid dienone is 2. The van der Waals surface area contributed by atoms with Gasteiger partial charge in [-0.3, -0.25) is 13.9 Å². The van der Waals surface area contributed by atoms with Crippen molar-refractivity contribution in [2.75, 3.05) is 0 Å². The van der Waals surface area contributed by atoms with E-state index in [0.29, 0.717) is 6.42 Å². The van der Waals surface area contributed by atoms with E-state index >= 15 is 0 Å². The van der Waals surface area contributed by atoms with E-state index in [0.717, 1.165) is 6.42 Å². The molecule has 0 heterocycles. The average Bonchev–Trinajstić information content (AvgIpc) is 1.73. The first-order valence-electron chi connectivity index (χ1n) is 4.39. The van der Waals surface area contributed by atoms with Crippen LogP contribution in [0.1, 0.15) is 33.6 Å². The number of hydrogen-bond donors (Lipinski definition) is 2. The first-order valence-corrected chi connectivity index (χ1v) is 5.79. The summed E-state index contributed by atoms with van der Waals surface area (Å²) in [5.74, 6) is 0.286. The summed E-state index contributed by atoms with van der Waals surface area (Å²) >= 11 is 0. The molecule has 0 unspecified atom stereocenters. The average molecular weight is 236 g/mol. The highest BCUT2D eigenvalue weighted by molar-refractivity contribution is 7.79. The van der Waals surface area contributed by atoms with E-state index in [1.165, 1.54) is 5.57 Å². The number of hydrogen-bond acceptors (Lipinski definition) is 3. The molecule has 0 aliphatic heterocycles. The van der Waals surface area contributed by atoms with Crippen molar-refractivity contribution in [2.24, 2.45) is 5.41 Å². The maximum Gasteiger partial charge on any atom is 0.394 e. The van der Waals surface area contributed by atoms with Gasteiger partial charge in [0.15, 0.2) is 5.78 Å². The Morgan fingerprint density at radius 3 is 1.93 bits per heavy atom. The summed E-state index contributed by atoms with van der Waals surface area (Å²) in [7, 11) is -4.67. The van der Waals surface area contributed by atoms with Gasteiger partial charge in [0.05, 0.1) is 0 Å². The zero-order valence-corrected chi connectivity index (χ0v) is 9.84. The maximum absolute atomic E-state index is 11.0. The molecule has 2 N–H and O–H groups in total. The Labute approximate surface area is 89.8 Å². The molecule has 0 bridgehead atoms. The van der Waals surface area contributed by atoms with Gasteiger partial charge in [0.25, 0.3) is 0 Å². The number of carbonyl (C=O) groups excluding carboxylic acids is 1. The summed E-state index contributed by atoms with van der Waals surface area (Å²) in [6, 6.07) is 0. The molecule has 88 valence electrons. The van der Waals surface area contributed by atoms with Gasteiger partial charge in [-0.15, -0.1) is 0 Å². The van der Waals surface area contributed by atoms with Crippen LogP contribution in [0.4, 0.5) is 0 Å². The molecule has 0 atom stereocenters. The van der Waals surface area contributed by atoms with Crippen molar-refractivity contribution in [1.82, 2.24) is 0 Å². The minimum atomic E-state index is -4.67. The molecule has 0 spiro atoms. The monoisotopic (exact) mass is 236 g/mol. The van der Waals surface area contributed by atoms with E-state index in [9.17, 15) is 4.79 Å². The predicted octanol–water partition coefficient (Wildman–Crippen LogP) is 1.67. The summed E-state index contributed by atoms with van der Waals surface area (Å²) in [6.07, 6.45) is 3.55. The van der Waals surface area contributed by atoms with Crippen molar-refractivity contribution < 1.29 is 22.3 Å². The molecule has 5 nitrogen and oxygen atoms in total. The molecule has 0 saturated carbocycles. The Morgan fingerprint density at radius 1 is 1.27 bits per heavy atom. The van der Waals surface area contributed by atoms with Gasteiger partial charge in [0, 0.05) is 6.42 Å². The lowest BCUT2D eigenvalue weighted by molar-refractivity contribution is -0.117. The van der Waals surface area contributed by atoms with Crippen molar-refractivity contribution in [3.8, 4) is 0 Å². The highest BCUT2D eigenvalue weighted by atomic mass is 32.3. The number of carbonyl (C=O) groups is 1. The fourth-order valence-electron chi connectivity index (χ4n) is 1.67. The van der Waals surface area contributed by atoms with Gasteiger partial charge in [0.2, 0.25) is 0 Å². The first kappa shape index (κ1) is 14.3. The largest absolute Gasteiger partial charge is 0.394 e. The van der Waals surface area contributed by atoms with Crippen LogP contribution in [-0.2, 0) is 15.2 Å². The number of rotatable bonds is 0. The molecule has 0 aromatic rings. The third kappa shape index (κ3) is 9.58. The van der Waals surface area contributed by atoms with E-state index in [1.807, 2.05) is 6.92 Å². The Hall–Kier alpha value is -0.720. The fraction of sp³-hybridized carbons (Fsp3) is 0.667. The van der Waals surface area contributed by atoms with Gasteiger partial charge in [-0.1, -0.05) is 19.4 Å². The topological polar surface area (TPSA) is 91.7 Å². The van der Waals surface area contributed by atoms with Gasteiger partial charge >= 0.3 is 10.4 Å². The summed E-state index contributed by atoms with van der Waals surface area (Å²) in [4.78, 5) is 11.0. The zero-order valence-electron chi connectivity index (χ0n) is 9.02. The second kappa shape index (κ2) is 4.87. The Morgan fingerprint density at radius 2 is 1.67 bits per heavy atom. The Kier molecular flexibility index (Phi) is 4.64. The van der Waals surface area contributed by atoms with Gasteiger partial charge in [-0.2, -0.15) is 8.42 Å². The van der Waals surface area contributed by atoms with E-state index in [-0.39, 0.29) is 11.2 Å². The molecular weight excluding hydrogens is 220 g/mol. The lowest BCUT2D eigenvalue weighted by Gasteiger charge is -2.27. The van der Waals surface area contributed by atoms with Gasteiger partial charge in [-0.05, 0) is 24.8 Å². The molecular formula is C9H16O5S. The molecule has 0 amide bonds. The standard InChI is InChI=1S/C9H14O.H2O4S/c1-7-4-8(10)6-9(2,3)5-7;1-5(2,3)4/h4H,5-6H2,1-3H3;(H2,1,2,3,4). The Bertz CT molecular complexity index is 356. The molecule has 6 heteroatoms. The zero-order chi connectivity index (χ0) is 12.3. The second-order valence-corrected chi connectivity index (χ2v) is 5.32. The fourth-order valence-corrected chi connectivity index (χ4v) is 1.67. The van der Waals surface area contributed by atoms with Gasteiger partial charge in [0.1, 0.15) is 0 Å². The van der Waals surface area contributed by atoms with Crippen molar-refractivity contribution >= 4 is 16.2 Å². The van der Waals surface area contributed by atoms with Gasteiger partial charge < -0.3 is 0 Å². The molecule has 0 radical (unpaired) electrons. The predicted molar refractivity (Wildman–Crippen MR) is 56.0 cm³/mol. The lowest BCUT2D eigenvalue weighted by Crippen LogP contribution is -2.20. The summed E-state index contributed by atoms with van der Waals surface area (Å²) in [5.41, 5.74) is 1.43. The smallest absolute Gasteiger partial charge is 0.295 e. The van der Waals surface area contributed by atoms with Gasteiger partial charge in [-0.25, -0.2) is 0 Å². The minimum absolute atomic E-state index is 0.204. The quantitative estimate of drug-likeness (QED) is 0.624. The normalized spacial score (nSPS) is 20.1. The summed E-state index contributed by atoms with van der Waals surface area (Å²) in [5, 5.41) is 0. The number of ketones is 1. The molecule has 0 aromatic carbocycles. The summed E-state index contributed by atoms with van der Waals surface area (Å²) in [6.45, 7) is 6.31. The molecule has 0 fully saturated rings. The van der Waals surface area contributed by atoms with Crippen molar-refractivity contribution in [3.63, 3.8) is 0 Å². The highest BCUT2D eigenvalue weighted by Gasteiger charge is 2.25. The van der Waals surface area contributed by atoms with Crippen LogP contribution in [0.5, 0.6) is 0 Å². The third-order valence-electron chi connectivity index (χ3n) is 1.82. The SMILES string of the molecule is CC1=CC(=O)CC(C)(C)C1.O=S(=O)(O)O. The molecule has 0 aromatic heterocycles. The molecule has 1 aliphatic rings. The van der Waals surface area contributed by atoms with Crippen LogP contribution >= 0.6 is 0 Å². The van der Waals surface area contributed by atoms with E-state index in [2.05, 4.69) is 13.8 Å². The van der Waals surface area contributed by atoms with E-state index < -0.39 is 10.4 Å². The Balaban J connectivity index is 0.000000336. The molecule has 15 heavy (non-hydrogen) atoms. The summed E-state index contributed by atoms with van der Waals surface area (Å²) < 4.78 is 31.6. The first-order chi connectivity index (χ1) is 6.49. The molecule has 1 aliphatic carbocycles.